The summed E-state index contributed by atoms with van der Waals surface area (Å²) in [5.41, 5.74) is 0.0438. The van der Waals surface area contributed by atoms with E-state index in [1.807, 2.05) is 0 Å². The fraction of sp³-hybridized carbons (Fsp3) is 1.00. The van der Waals surface area contributed by atoms with Crippen LogP contribution in [0, 0.1) is 5.41 Å². The van der Waals surface area contributed by atoms with Crippen LogP contribution in [0.15, 0.2) is 0 Å². The summed E-state index contributed by atoms with van der Waals surface area (Å²) in [5.74, 6) is 0. The average molecular weight is 229 g/mol. The lowest BCUT2D eigenvalue weighted by Crippen LogP contribution is -2.39. The zero-order chi connectivity index (χ0) is 12.0. The summed E-state index contributed by atoms with van der Waals surface area (Å²) in [6, 6.07) is 0. The molecule has 0 bridgehead atoms. The molecule has 0 aromatic rings. The van der Waals surface area contributed by atoms with Crippen molar-refractivity contribution in [1.82, 2.24) is 4.90 Å². The molecule has 16 heavy (non-hydrogen) atoms. The van der Waals surface area contributed by atoms with Gasteiger partial charge in [-0.25, -0.2) is 0 Å². The molecule has 1 saturated heterocycles. The second kappa shape index (κ2) is 6.58. The van der Waals surface area contributed by atoms with E-state index >= 15 is 0 Å². The molecule has 3 heteroatoms. The van der Waals surface area contributed by atoms with Crippen molar-refractivity contribution in [3.8, 4) is 0 Å². The third kappa shape index (κ3) is 4.40. The molecule has 1 aliphatic heterocycles. The molecule has 3 nitrogen and oxygen atoms in total. The Morgan fingerprint density at radius 1 is 1.50 bits per heavy atom. The zero-order valence-electron chi connectivity index (χ0n) is 11.0. The average Bonchev–Trinajstić information content (AvgIpc) is 2.70. The quantitative estimate of drug-likeness (QED) is 0.723. The van der Waals surface area contributed by atoms with E-state index in [1.165, 1.54) is 12.8 Å². The van der Waals surface area contributed by atoms with Crippen LogP contribution >= 0.6 is 0 Å². The molecule has 0 amide bonds. The summed E-state index contributed by atoms with van der Waals surface area (Å²) in [6.07, 6.45) is 5.01. The highest BCUT2D eigenvalue weighted by Gasteiger charge is 2.26. The van der Waals surface area contributed by atoms with Crippen LogP contribution in [-0.2, 0) is 4.74 Å². The van der Waals surface area contributed by atoms with Crippen molar-refractivity contribution in [1.29, 1.82) is 0 Å². The summed E-state index contributed by atoms with van der Waals surface area (Å²) >= 11 is 0. The van der Waals surface area contributed by atoms with E-state index < -0.39 is 0 Å². The first-order valence-corrected chi connectivity index (χ1v) is 6.50. The highest BCUT2D eigenvalue weighted by atomic mass is 16.5. The third-order valence-electron chi connectivity index (χ3n) is 3.43. The van der Waals surface area contributed by atoms with Gasteiger partial charge in [0.05, 0.1) is 6.10 Å². The Labute approximate surface area is 99.8 Å². The van der Waals surface area contributed by atoms with Crippen LogP contribution in [0.3, 0.4) is 0 Å². The number of nitrogens with zero attached hydrogens (tertiary/aromatic N) is 1. The molecular formula is C13H27NO2. The molecule has 1 rings (SSSR count). The van der Waals surface area contributed by atoms with Crippen molar-refractivity contribution in [2.45, 2.75) is 45.6 Å². The van der Waals surface area contributed by atoms with Crippen molar-refractivity contribution in [3.63, 3.8) is 0 Å². The lowest BCUT2D eigenvalue weighted by atomic mass is 9.86. The van der Waals surface area contributed by atoms with E-state index in [0.29, 0.717) is 6.10 Å². The molecule has 0 radical (unpaired) electrons. The lowest BCUT2D eigenvalue weighted by Gasteiger charge is -2.33. The van der Waals surface area contributed by atoms with Crippen LogP contribution in [0.2, 0.25) is 0 Å². The molecule has 0 aromatic heterocycles. The number of aliphatic hydroxyl groups excluding tert-OH is 1. The van der Waals surface area contributed by atoms with Gasteiger partial charge in [0.15, 0.2) is 0 Å². The first-order valence-electron chi connectivity index (χ1n) is 6.50. The summed E-state index contributed by atoms with van der Waals surface area (Å²) in [7, 11) is 2.13. The number of ether oxygens (including phenoxy) is 1. The monoisotopic (exact) mass is 229 g/mol. The van der Waals surface area contributed by atoms with Gasteiger partial charge in [0.2, 0.25) is 0 Å². The molecular weight excluding hydrogens is 202 g/mol. The molecule has 96 valence electrons. The van der Waals surface area contributed by atoms with Crippen LogP contribution in [0.4, 0.5) is 0 Å². The Hall–Kier alpha value is -0.120. The second-order valence-corrected chi connectivity index (χ2v) is 5.55. The van der Waals surface area contributed by atoms with E-state index in [1.54, 1.807) is 0 Å². The molecule has 2 unspecified atom stereocenters. The Balaban J connectivity index is 2.32. The van der Waals surface area contributed by atoms with E-state index in [2.05, 4.69) is 25.8 Å². The Kier molecular flexibility index (Phi) is 5.73. The molecule has 1 N–H and O–H groups in total. The van der Waals surface area contributed by atoms with Gasteiger partial charge < -0.3 is 14.7 Å². The second-order valence-electron chi connectivity index (χ2n) is 5.55. The summed E-state index contributed by atoms with van der Waals surface area (Å²) in [4.78, 5) is 2.31. The number of aliphatic hydroxyl groups is 1. The predicted molar refractivity (Wildman–Crippen MR) is 66.6 cm³/mol. The van der Waals surface area contributed by atoms with Gasteiger partial charge in [0, 0.05) is 31.7 Å². The summed E-state index contributed by atoms with van der Waals surface area (Å²) < 4.78 is 5.63. The maximum absolute atomic E-state index is 9.47. The Morgan fingerprint density at radius 3 is 2.75 bits per heavy atom. The van der Waals surface area contributed by atoms with E-state index in [4.69, 9.17) is 4.74 Å². The fourth-order valence-corrected chi connectivity index (χ4v) is 2.66. The largest absolute Gasteiger partial charge is 0.396 e. The molecule has 2 atom stereocenters. The molecule has 1 aliphatic rings. The maximum atomic E-state index is 9.47. The number of hydrogen-bond donors (Lipinski definition) is 1. The van der Waals surface area contributed by atoms with Gasteiger partial charge in [-0.2, -0.15) is 0 Å². The topological polar surface area (TPSA) is 32.7 Å². The van der Waals surface area contributed by atoms with Crippen molar-refractivity contribution >= 4 is 0 Å². The highest BCUT2D eigenvalue weighted by Crippen LogP contribution is 2.24. The zero-order valence-corrected chi connectivity index (χ0v) is 11.0. The van der Waals surface area contributed by atoms with E-state index in [9.17, 15) is 5.11 Å². The SMILES string of the molecule is CCCC(C)(CO)CN(C)CC1CCCO1. The third-order valence-corrected chi connectivity index (χ3v) is 3.43. The van der Waals surface area contributed by atoms with Crippen molar-refractivity contribution in [2.24, 2.45) is 5.41 Å². The van der Waals surface area contributed by atoms with Gasteiger partial charge in [-0.3, -0.25) is 0 Å². The number of rotatable bonds is 7. The van der Waals surface area contributed by atoms with Gasteiger partial charge in [0.1, 0.15) is 0 Å². The Morgan fingerprint density at radius 2 is 2.25 bits per heavy atom. The van der Waals surface area contributed by atoms with Gasteiger partial charge >= 0.3 is 0 Å². The molecule has 0 spiro atoms. The molecule has 1 heterocycles. The summed E-state index contributed by atoms with van der Waals surface area (Å²) in [6.45, 7) is 7.49. The summed E-state index contributed by atoms with van der Waals surface area (Å²) in [5, 5.41) is 9.47. The van der Waals surface area contributed by atoms with Crippen LogP contribution in [0.1, 0.15) is 39.5 Å². The smallest absolute Gasteiger partial charge is 0.0702 e. The van der Waals surface area contributed by atoms with Crippen LogP contribution < -0.4 is 0 Å². The fourth-order valence-electron chi connectivity index (χ4n) is 2.66. The van der Waals surface area contributed by atoms with E-state index in [0.717, 1.165) is 32.5 Å². The van der Waals surface area contributed by atoms with Gasteiger partial charge in [0.25, 0.3) is 0 Å². The number of likely N-dealkylation sites (N-methyl/N-ethyl adjacent to an activating group) is 1. The van der Waals surface area contributed by atoms with Crippen molar-refractivity contribution < 1.29 is 9.84 Å². The minimum absolute atomic E-state index is 0.0438. The van der Waals surface area contributed by atoms with Gasteiger partial charge in [-0.05, 0) is 26.3 Å². The first kappa shape index (κ1) is 13.9. The predicted octanol–water partition coefficient (Wildman–Crippen LogP) is 1.90. The van der Waals surface area contributed by atoms with E-state index in [-0.39, 0.29) is 12.0 Å². The minimum Gasteiger partial charge on any atom is -0.396 e. The van der Waals surface area contributed by atoms with Gasteiger partial charge in [-0.1, -0.05) is 20.3 Å². The Bertz CT molecular complexity index is 192. The molecule has 1 fully saturated rings. The number of hydrogen-bond acceptors (Lipinski definition) is 3. The molecule has 0 aromatic carbocycles. The lowest BCUT2D eigenvalue weighted by molar-refractivity contribution is 0.0473. The maximum Gasteiger partial charge on any atom is 0.0702 e. The molecule has 0 aliphatic carbocycles. The first-order chi connectivity index (χ1) is 7.59. The van der Waals surface area contributed by atoms with Crippen LogP contribution in [0.25, 0.3) is 0 Å². The standard InChI is InChI=1S/C13H27NO2/c1-4-7-13(2,11-15)10-14(3)9-12-6-5-8-16-12/h12,15H,4-11H2,1-3H3. The van der Waals surface area contributed by atoms with Crippen LogP contribution in [0.5, 0.6) is 0 Å². The highest BCUT2D eigenvalue weighted by molar-refractivity contribution is 4.78. The molecule has 0 saturated carbocycles. The van der Waals surface area contributed by atoms with Gasteiger partial charge in [-0.15, -0.1) is 0 Å². The van der Waals surface area contributed by atoms with Crippen molar-refractivity contribution in [3.05, 3.63) is 0 Å². The van der Waals surface area contributed by atoms with Crippen molar-refractivity contribution in [2.75, 3.05) is 33.4 Å². The van der Waals surface area contributed by atoms with Crippen LogP contribution in [-0.4, -0.2) is 49.5 Å². The minimum atomic E-state index is 0.0438. The normalized spacial score (nSPS) is 24.9.